The molecule has 1 saturated heterocycles. The van der Waals surface area contributed by atoms with Crippen LogP contribution >= 0.6 is 24.8 Å². The van der Waals surface area contributed by atoms with Crippen molar-refractivity contribution in [2.75, 3.05) is 32.8 Å². The molecule has 3 rings (SSSR count). The minimum absolute atomic E-state index is 0. The number of nitrogens with zero attached hydrogens (tertiary/aromatic N) is 1. The number of ether oxygens (including phenoxy) is 1. The molecule has 1 fully saturated rings. The first-order chi connectivity index (χ1) is 11.7. The molecule has 2 aromatic rings. The van der Waals surface area contributed by atoms with E-state index in [1.54, 1.807) is 0 Å². The van der Waals surface area contributed by atoms with Crippen molar-refractivity contribution in [2.24, 2.45) is 0 Å². The topological polar surface area (TPSA) is 24.5 Å². The van der Waals surface area contributed by atoms with Crippen molar-refractivity contribution in [3.8, 4) is 5.75 Å². The summed E-state index contributed by atoms with van der Waals surface area (Å²) in [6, 6.07) is 15.4. The molecule has 2 aromatic carbocycles. The lowest BCUT2D eigenvalue weighted by Crippen LogP contribution is -2.42. The van der Waals surface area contributed by atoms with E-state index < -0.39 is 0 Å². The number of halogens is 2. The van der Waals surface area contributed by atoms with Gasteiger partial charge in [-0.2, -0.15) is 0 Å². The molecule has 144 valence electrons. The molecule has 1 aliphatic heterocycles. The van der Waals surface area contributed by atoms with Gasteiger partial charge >= 0.3 is 0 Å². The first-order valence-electron chi connectivity index (χ1n) is 8.91. The van der Waals surface area contributed by atoms with Crippen molar-refractivity contribution in [1.82, 2.24) is 10.2 Å². The van der Waals surface area contributed by atoms with Gasteiger partial charge in [-0.3, -0.25) is 4.90 Å². The molecule has 0 aliphatic carbocycles. The van der Waals surface area contributed by atoms with Gasteiger partial charge in [0.1, 0.15) is 5.75 Å². The number of hydrogen-bond donors (Lipinski definition) is 1. The largest absolute Gasteiger partial charge is 0.493 e. The Hall–Kier alpha value is -1.26. The standard InChI is InChI=1S/C21H28N2O.2ClH/c1-17-13-18(2)15-21(14-17)24-12-7-19-3-5-20(6-4-19)16-23-10-8-22-9-11-23;;/h3-6,13-15,22H,7-12,16H2,1-2H3;2*1H. The molecule has 0 bridgehead atoms. The maximum atomic E-state index is 5.91. The fraction of sp³-hybridized carbons (Fsp3) is 0.429. The highest BCUT2D eigenvalue weighted by molar-refractivity contribution is 5.85. The summed E-state index contributed by atoms with van der Waals surface area (Å²) in [5.41, 5.74) is 5.24. The maximum Gasteiger partial charge on any atom is 0.119 e. The highest BCUT2D eigenvalue weighted by Crippen LogP contribution is 2.16. The summed E-state index contributed by atoms with van der Waals surface area (Å²) in [5, 5.41) is 3.40. The lowest BCUT2D eigenvalue weighted by Gasteiger charge is -2.27. The summed E-state index contributed by atoms with van der Waals surface area (Å²) in [5.74, 6) is 0.975. The summed E-state index contributed by atoms with van der Waals surface area (Å²) in [6.07, 6.45) is 0.945. The minimum Gasteiger partial charge on any atom is -0.493 e. The smallest absolute Gasteiger partial charge is 0.119 e. The van der Waals surface area contributed by atoms with Gasteiger partial charge in [-0.25, -0.2) is 0 Å². The Kier molecular flexibility index (Phi) is 10.0. The Morgan fingerprint density at radius 3 is 2.08 bits per heavy atom. The average molecular weight is 397 g/mol. The van der Waals surface area contributed by atoms with Crippen LogP contribution in [0, 0.1) is 13.8 Å². The number of piperazine rings is 1. The Morgan fingerprint density at radius 1 is 0.885 bits per heavy atom. The van der Waals surface area contributed by atoms with Crippen molar-refractivity contribution in [3.05, 3.63) is 64.7 Å². The van der Waals surface area contributed by atoms with Crippen LogP contribution in [0.1, 0.15) is 22.3 Å². The molecular weight excluding hydrogens is 367 g/mol. The van der Waals surface area contributed by atoms with Crippen molar-refractivity contribution < 1.29 is 4.74 Å². The first kappa shape index (κ1) is 22.8. The van der Waals surface area contributed by atoms with Gasteiger partial charge in [0.2, 0.25) is 0 Å². The highest BCUT2D eigenvalue weighted by Gasteiger charge is 2.09. The van der Waals surface area contributed by atoms with Crippen LogP contribution in [0.15, 0.2) is 42.5 Å². The second-order valence-corrected chi connectivity index (χ2v) is 6.76. The second-order valence-electron chi connectivity index (χ2n) is 6.76. The van der Waals surface area contributed by atoms with E-state index in [4.69, 9.17) is 4.74 Å². The third-order valence-electron chi connectivity index (χ3n) is 4.49. The van der Waals surface area contributed by atoms with Crippen LogP contribution in [0.5, 0.6) is 5.75 Å². The Morgan fingerprint density at radius 2 is 1.46 bits per heavy atom. The molecule has 0 atom stereocenters. The van der Waals surface area contributed by atoms with Crippen LogP contribution in [-0.2, 0) is 13.0 Å². The van der Waals surface area contributed by atoms with Gasteiger partial charge in [-0.1, -0.05) is 30.3 Å². The van der Waals surface area contributed by atoms with Crippen LogP contribution in [0.4, 0.5) is 0 Å². The average Bonchev–Trinajstić information content (AvgIpc) is 2.57. The summed E-state index contributed by atoms with van der Waals surface area (Å²) in [6.45, 7) is 10.5. The molecule has 0 saturated carbocycles. The molecule has 0 spiro atoms. The minimum atomic E-state index is 0. The van der Waals surface area contributed by atoms with Gasteiger partial charge < -0.3 is 10.1 Å². The van der Waals surface area contributed by atoms with E-state index in [0.717, 1.165) is 51.5 Å². The van der Waals surface area contributed by atoms with Crippen LogP contribution in [-0.4, -0.2) is 37.7 Å². The predicted octanol–water partition coefficient (Wildman–Crippen LogP) is 4.17. The summed E-state index contributed by atoms with van der Waals surface area (Å²) in [4.78, 5) is 2.51. The predicted molar refractivity (Wildman–Crippen MR) is 114 cm³/mol. The van der Waals surface area contributed by atoms with Crippen LogP contribution in [0.3, 0.4) is 0 Å². The van der Waals surface area contributed by atoms with Gasteiger partial charge in [0.15, 0.2) is 0 Å². The Labute approximate surface area is 169 Å². The lowest BCUT2D eigenvalue weighted by atomic mass is 10.1. The molecule has 0 radical (unpaired) electrons. The molecule has 0 unspecified atom stereocenters. The quantitative estimate of drug-likeness (QED) is 0.792. The third-order valence-corrected chi connectivity index (χ3v) is 4.49. The molecule has 1 N–H and O–H groups in total. The number of benzene rings is 2. The van der Waals surface area contributed by atoms with Crippen molar-refractivity contribution in [2.45, 2.75) is 26.8 Å². The Bertz CT molecular complexity index is 635. The number of rotatable bonds is 6. The number of hydrogen-bond acceptors (Lipinski definition) is 3. The second kappa shape index (κ2) is 11.5. The zero-order valence-corrected chi connectivity index (χ0v) is 17.3. The summed E-state index contributed by atoms with van der Waals surface area (Å²) >= 11 is 0. The van der Waals surface area contributed by atoms with Crippen LogP contribution < -0.4 is 10.1 Å². The molecular formula is C21H30Cl2N2O. The third kappa shape index (κ3) is 7.16. The Balaban J connectivity index is 0.00000169. The number of aryl methyl sites for hydroxylation is 2. The van der Waals surface area contributed by atoms with Gasteiger partial charge in [0.25, 0.3) is 0 Å². The van der Waals surface area contributed by atoms with Gasteiger partial charge in [-0.15, -0.1) is 24.8 Å². The van der Waals surface area contributed by atoms with E-state index in [1.165, 1.54) is 22.3 Å². The monoisotopic (exact) mass is 396 g/mol. The zero-order valence-electron chi connectivity index (χ0n) is 15.7. The molecule has 1 aliphatic rings. The highest BCUT2D eigenvalue weighted by atomic mass is 35.5. The SMILES string of the molecule is Cc1cc(C)cc(OCCc2ccc(CN3CCNCC3)cc2)c1.Cl.Cl. The van der Waals surface area contributed by atoms with E-state index in [1.807, 2.05) is 0 Å². The summed E-state index contributed by atoms with van der Waals surface area (Å²) < 4.78 is 5.91. The van der Waals surface area contributed by atoms with Crippen LogP contribution in [0.2, 0.25) is 0 Å². The fourth-order valence-corrected chi connectivity index (χ4v) is 3.24. The maximum absolute atomic E-state index is 5.91. The first-order valence-corrected chi connectivity index (χ1v) is 8.91. The summed E-state index contributed by atoms with van der Waals surface area (Å²) in [7, 11) is 0. The molecule has 3 nitrogen and oxygen atoms in total. The van der Waals surface area contributed by atoms with Gasteiger partial charge in [0, 0.05) is 39.1 Å². The molecule has 5 heteroatoms. The van der Waals surface area contributed by atoms with E-state index in [-0.39, 0.29) is 24.8 Å². The number of nitrogens with one attached hydrogen (secondary N) is 1. The van der Waals surface area contributed by atoms with Crippen molar-refractivity contribution >= 4 is 24.8 Å². The van der Waals surface area contributed by atoms with E-state index in [9.17, 15) is 0 Å². The van der Waals surface area contributed by atoms with Gasteiger partial charge in [0.05, 0.1) is 6.61 Å². The van der Waals surface area contributed by atoms with E-state index in [2.05, 4.69) is 66.5 Å². The lowest BCUT2D eigenvalue weighted by molar-refractivity contribution is 0.233. The van der Waals surface area contributed by atoms with Crippen molar-refractivity contribution in [3.63, 3.8) is 0 Å². The van der Waals surface area contributed by atoms with E-state index >= 15 is 0 Å². The molecule has 0 amide bonds. The van der Waals surface area contributed by atoms with Crippen molar-refractivity contribution in [1.29, 1.82) is 0 Å². The van der Waals surface area contributed by atoms with E-state index in [0.29, 0.717) is 0 Å². The zero-order chi connectivity index (χ0) is 16.8. The molecule has 0 aromatic heterocycles. The molecule has 1 heterocycles. The fourth-order valence-electron chi connectivity index (χ4n) is 3.24. The molecule has 26 heavy (non-hydrogen) atoms. The van der Waals surface area contributed by atoms with Crippen LogP contribution in [0.25, 0.3) is 0 Å². The van der Waals surface area contributed by atoms with Gasteiger partial charge in [-0.05, 0) is 48.2 Å². The normalized spacial score (nSPS) is 14.2.